The summed E-state index contributed by atoms with van der Waals surface area (Å²) in [6.45, 7) is 0. The molecule has 20 heavy (non-hydrogen) atoms. The Labute approximate surface area is 109 Å². The number of hydrazone groups is 1. The first-order valence-corrected chi connectivity index (χ1v) is 5.68. The number of amides is 1. The first kappa shape index (κ1) is 16.7. The van der Waals surface area contributed by atoms with E-state index in [1.54, 1.807) is 0 Å². The zero-order valence-corrected chi connectivity index (χ0v) is 10.0. The normalized spacial score (nSPS) is 17.9. The van der Waals surface area contributed by atoms with Crippen molar-refractivity contribution in [3.05, 3.63) is 0 Å². The molecule has 0 bridgehead atoms. The maximum atomic E-state index is 12.9. The van der Waals surface area contributed by atoms with Crippen LogP contribution in [0.5, 0.6) is 0 Å². The van der Waals surface area contributed by atoms with Gasteiger partial charge in [0.15, 0.2) is 0 Å². The lowest BCUT2D eigenvalue weighted by Crippen LogP contribution is -2.58. The molecule has 0 radical (unpaired) electrons. The smallest absolute Gasteiger partial charge is 0.266 e. The lowest BCUT2D eigenvalue weighted by Gasteiger charge is -2.26. The summed E-state index contributed by atoms with van der Waals surface area (Å²) in [5, 5.41) is 3.18. The second-order valence-corrected chi connectivity index (χ2v) is 4.33. The standard InChI is InChI=1S/C10H11F7N2O/c11-8(12,9(13,14)10(15,16)17)7(20)19-18-6-4-2-1-3-5-6/h1-5H2,(H,19,20). The fourth-order valence-corrected chi connectivity index (χ4v) is 1.59. The van der Waals surface area contributed by atoms with Crippen molar-refractivity contribution in [2.24, 2.45) is 5.10 Å². The van der Waals surface area contributed by atoms with Crippen molar-refractivity contribution >= 4 is 11.6 Å². The average Bonchev–Trinajstić information content (AvgIpc) is 2.35. The van der Waals surface area contributed by atoms with Crippen molar-refractivity contribution in [1.82, 2.24) is 5.43 Å². The molecule has 3 nitrogen and oxygen atoms in total. The Morgan fingerprint density at radius 1 is 0.950 bits per heavy atom. The molecule has 1 amide bonds. The summed E-state index contributed by atoms with van der Waals surface area (Å²) < 4.78 is 86.4. The van der Waals surface area contributed by atoms with E-state index in [2.05, 4.69) is 5.10 Å². The van der Waals surface area contributed by atoms with Gasteiger partial charge in [0.25, 0.3) is 0 Å². The Kier molecular flexibility index (Phi) is 4.65. The van der Waals surface area contributed by atoms with Crippen LogP contribution in [0.15, 0.2) is 5.10 Å². The van der Waals surface area contributed by atoms with Crippen LogP contribution < -0.4 is 5.43 Å². The molecule has 1 rings (SSSR count). The summed E-state index contributed by atoms with van der Waals surface area (Å²) in [6, 6.07) is 0. The number of carbonyl (C=O) groups is 1. The van der Waals surface area contributed by atoms with Gasteiger partial charge in [0.05, 0.1) is 0 Å². The van der Waals surface area contributed by atoms with E-state index in [4.69, 9.17) is 0 Å². The number of rotatable bonds is 3. The minimum atomic E-state index is -6.54. The van der Waals surface area contributed by atoms with E-state index in [1.807, 2.05) is 0 Å². The summed E-state index contributed by atoms with van der Waals surface area (Å²) in [6.07, 6.45) is -3.54. The van der Waals surface area contributed by atoms with E-state index in [0.717, 1.165) is 11.8 Å². The Morgan fingerprint density at radius 2 is 1.45 bits per heavy atom. The minimum absolute atomic E-state index is 0.288. The molecule has 0 saturated heterocycles. The van der Waals surface area contributed by atoms with Crippen molar-refractivity contribution < 1.29 is 35.5 Å². The topological polar surface area (TPSA) is 41.5 Å². The number of nitrogens with one attached hydrogen (secondary N) is 1. The largest absolute Gasteiger partial charge is 0.460 e. The lowest BCUT2D eigenvalue weighted by molar-refractivity contribution is -0.344. The van der Waals surface area contributed by atoms with Crippen LogP contribution in [0.3, 0.4) is 0 Å². The van der Waals surface area contributed by atoms with Crippen molar-refractivity contribution in [3.63, 3.8) is 0 Å². The molecule has 1 aliphatic carbocycles. The van der Waals surface area contributed by atoms with Gasteiger partial charge in [-0.3, -0.25) is 4.79 Å². The summed E-state index contributed by atoms with van der Waals surface area (Å²) in [5.41, 5.74) is 1.38. The predicted molar refractivity (Wildman–Crippen MR) is 54.6 cm³/mol. The number of carbonyl (C=O) groups excluding carboxylic acids is 1. The summed E-state index contributed by atoms with van der Waals surface area (Å²) in [7, 11) is 0. The zero-order valence-electron chi connectivity index (χ0n) is 10.0. The first-order chi connectivity index (χ1) is 9.00. The summed E-state index contributed by atoms with van der Waals surface area (Å²) in [5.74, 6) is -15.2. The predicted octanol–water partition coefficient (Wildman–Crippen LogP) is 3.26. The molecule has 1 fully saturated rings. The van der Waals surface area contributed by atoms with Gasteiger partial charge in [-0.25, -0.2) is 5.43 Å². The van der Waals surface area contributed by atoms with Crippen LogP contribution in [0.4, 0.5) is 30.7 Å². The molecule has 1 N–H and O–H groups in total. The van der Waals surface area contributed by atoms with E-state index in [1.165, 1.54) is 0 Å². The highest BCUT2D eigenvalue weighted by molar-refractivity contribution is 5.89. The van der Waals surface area contributed by atoms with E-state index in [0.29, 0.717) is 25.7 Å². The molecule has 0 unspecified atom stereocenters. The summed E-state index contributed by atoms with van der Waals surface area (Å²) >= 11 is 0. The molecular weight excluding hydrogens is 297 g/mol. The van der Waals surface area contributed by atoms with Crippen LogP contribution in [0, 0.1) is 0 Å². The van der Waals surface area contributed by atoms with Crippen molar-refractivity contribution in [2.75, 3.05) is 0 Å². The van der Waals surface area contributed by atoms with Gasteiger partial charge >= 0.3 is 23.9 Å². The average molecular weight is 308 g/mol. The Hall–Kier alpha value is -1.35. The summed E-state index contributed by atoms with van der Waals surface area (Å²) in [4.78, 5) is 10.9. The molecule has 1 aliphatic rings. The van der Waals surface area contributed by atoms with Crippen LogP contribution in [0.1, 0.15) is 32.1 Å². The van der Waals surface area contributed by atoms with Crippen LogP contribution in [0.2, 0.25) is 0 Å². The zero-order chi connectivity index (χ0) is 15.6. The molecule has 0 spiro atoms. The van der Waals surface area contributed by atoms with E-state index < -0.39 is 23.9 Å². The molecule has 0 heterocycles. The minimum Gasteiger partial charge on any atom is -0.266 e. The second-order valence-electron chi connectivity index (χ2n) is 4.33. The third-order valence-electron chi connectivity index (χ3n) is 2.78. The van der Waals surface area contributed by atoms with Crippen LogP contribution in [-0.2, 0) is 4.79 Å². The SMILES string of the molecule is O=C(NN=C1CCCCC1)C(F)(F)C(F)(F)C(F)(F)F. The van der Waals surface area contributed by atoms with Gasteiger partial charge in [0.2, 0.25) is 0 Å². The Bertz CT molecular complexity index is 395. The maximum absolute atomic E-state index is 12.9. The van der Waals surface area contributed by atoms with E-state index in [9.17, 15) is 35.5 Å². The fourth-order valence-electron chi connectivity index (χ4n) is 1.59. The monoisotopic (exact) mass is 308 g/mol. The van der Waals surface area contributed by atoms with Gasteiger partial charge in [-0.1, -0.05) is 6.42 Å². The maximum Gasteiger partial charge on any atom is 0.460 e. The van der Waals surface area contributed by atoms with Crippen LogP contribution >= 0.6 is 0 Å². The van der Waals surface area contributed by atoms with Gasteiger partial charge in [-0.15, -0.1) is 0 Å². The highest BCUT2D eigenvalue weighted by Gasteiger charge is 2.76. The quantitative estimate of drug-likeness (QED) is 0.631. The number of halogens is 7. The van der Waals surface area contributed by atoms with Crippen LogP contribution in [0.25, 0.3) is 0 Å². The third-order valence-corrected chi connectivity index (χ3v) is 2.78. The Morgan fingerprint density at radius 3 is 1.90 bits per heavy atom. The number of hydrogen-bond acceptors (Lipinski definition) is 2. The molecule has 0 aliphatic heterocycles. The first-order valence-electron chi connectivity index (χ1n) is 5.68. The highest BCUT2D eigenvalue weighted by Crippen LogP contribution is 2.46. The number of hydrogen-bond donors (Lipinski definition) is 1. The van der Waals surface area contributed by atoms with Gasteiger partial charge < -0.3 is 0 Å². The molecule has 10 heteroatoms. The van der Waals surface area contributed by atoms with Gasteiger partial charge in [0, 0.05) is 5.71 Å². The van der Waals surface area contributed by atoms with Crippen molar-refractivity contribution in [3.8, 4) is 0 Å². The fraction of sp³-hybridized carbons (Fsp3) is 0.800. The number of alkyl halides is 7. The van der Waals surface area contributed by atoms with Crippen molar-refractivity contribution in [1.29, 1.82) is 0 Å². The molecule has 0 aromatic carbocycles. The molecule has 0 atom stereocenters. The molecule has 0 aromatic heterocycles. The van der Waals surface area contributed by atoms with Crippen LogP contribution in [-0.4, -0.2) is 29.6 Å². The van der Waals surface area contributed by atoms with Gasteiger partial charge in [-0.2, -0.15) is 35.8 Å². The van der Waals surface area contributed by atoms with Gasteiger partial charge in [0.1, 0.15) is 0 Å². The van der Waals surface area contributed by atoms with Gasteiger partial charge in [-0.05, 0) is 25.7 Å². The number of nitrogens with zero attached hydrogens (tertiary/aromatic N) is 1. The molecular formula is C10H11F7N2O. The van der Waals surface area contributed by atoms with E-state index in [-0.39, 0.29) is 5.71 Å². The molecule has 0 aromatic rings. The van der Waals surface area contributed by atoms with Crippen molar-refractivity contribution in [2.45, 2.75) is 50.1 Å². The molecule has 116 valence electrons. The lowest BCUT2D eigenvalue weighted by atomic mass is 9.99. The van der Waals surface area contributed by atoms with E-state index >= 15 is 0 Å². The highest BCUT2D eigenvalue weighted by atomic mass is 19.4. The Balaban J connectivity index is 2.79. The third kappa shape index (κ3) is 3.21. The molecule has 1 saturated carbocycles. The second kappa shape index (κ2) is 5.57.